The number of hydrogen-bond acceptors (Lipinski definition) is 29. The number of unbranched alkanes of at least 4 members (excludes halogenated alkanes) is 12. The van der Waals surface area contributed by atoms with Crippen molar-refractivity contribution in [2.75, 3.05) is 49.8 Å². The van der Waals surface area contributed by atoms with Crippen molar-refractivity contribution < 1.29 is 103 Å². The molecule has 0 saturated heterocycles. The summed E-state index contributed by atoms with van der Waals surface area (Å²) in [7, 11) is -7.75. The van der Waals surface area contributed by atoms with Crippen LogP contribution in [0.3, 0.4) is 0 Å². The maximum atomic E-state index is 14.7. The standard InChI is InChI=1S/C39H62N7O12P.C34H58N7O9P.C5H5BrO3/c1-9-11-13-15-20-53-35(49)38(5,6)44-59(52,45-39(7,8)36(50)54-21-16-14-12-10-2)26-56-27(3)22-46-25-42-32-33(40-24-41-34(32)46)43-30(47)18-17-19-31(48)55-23-29-28(4)57-37(51)58-29;1-8-10-12-14-19-48-31(45)33(4,5)39-51(47,40-34(6,7)32(46)49-20-15-13-11-9-2)24-50-25(3)21-41-23-37-28-29(35-22-36-30(28)41)38-26(42)17-16-18-27(43)44;1-3-4(2-6)9-5(7)8-3/h24-25,27H,9-23,26H2,1-8H3,(H2,44,45,52)(H,40,41,43,47);22-23,25H,8-21,24H2,1-7H3,(H,43,44)(H2,39,40,47)(H,35,36,38,42);2H2,1H3/t27-;25-;/m11./s1. The van der Waals surface area contributed by atoms with E-state index in [1.54, 1.807) is 85.3 Å². The van der Waals surface area contributed by atoms with Gasteiger partial charge >= 0.3 is 47.5 Å². The molecule has 41 heteroatoms. The number of ether oxygens (including phenoxy) is 7. The van der Waals surface area contributed by atoms with Gasteiger partial charge in [-0.1, -0.05) is 121 Å². The van der Waals surface area contributed by atoms with Crippen molar-refractivity contribution in [2.24, 2.45) is 0 Å². The summed E-state index contributed by atoms with van der Waals surface area (Å²) in [5, 5.41) is 26.4. The molecule has 0 aliphatic rings. The molecule has 0 radical (unpaired) electrons. The summed E-state index contributed by atoms with van der Waals surface area (Å²) in [4.78, 5) is 148. The number of nitrogens with one attached hydrogen (secondary N) is 6. The smallest absolute Gasteiger partial charge is 0.481 e. The summed E-state index contributed by atoms with van der Waals surface area (Å²) < 4.78 is 90.7. The van der Waals surface area contributed by atoms with Crippen LogP contribution in [0.1, 0.15) is 261 Å². The topological polar surface area (TPSA) is 502 Å². The predicted molar refractivity (Wildman–Crippen MR) is 445 cm³/mol. The highest BCUT2D eigenvalue weighted by Gasteiger charge is 2.45. The number of nitrogens with zero attached hydrogens (tertiary/aromatic N) is 8. The third-order valence-electron chi connectivity index (χ3n) is 17.8. The summed E-state index contributed by atoms with van der Waals surface area (Å²) in [6.45, 7) is 28.7. The second kappa shape index (κ2) is 51.4. The van der Waals surface area contributed by atoms with Crippen LogP contribution in [0.25, 0.3) is 22.3 Å². The van der Waals surface area contributed by atoms with Gasteiger partial charge in [0.1, 0.15) is 53.3 Å². The van der Waals surface area contributed by atoms with Gasteiger partial charge in [0.15, 0.2) is 57.9 Å². The van der Waals surface area contributed by atoms with Gasteiger partial charge in [0.2, 0.25) is 26.7 Å². The Morgan fingerprint density at radius 3 is 1.10 bits per heavy atom. The Hall–Kier alpha value is -8.42. The van der Waals surface area contributed by atoms with E-state index in [0.717, 1.165) is 89.9 Å². The Kier molecular flexibility index (Phi) is 44.4. The van der Waals surface area contributed by atoms with Crippen molar-refractivity contribution in [2.45, 2.75) is 311 Å². The number of carbonyl (C=O) groups excluding carboxylic acids is 7. The van der Waals surface area contributed by atoms with Crippen LogP contribution in [-0.2, 0) is 106 Å². The minimum absolute atomic E-state index is 0.00643. The molecular weight excluding hydrogens is 1660 g/mol. The molecule has 6 aromatic rings. The highest BCUT2D eigenvalue weighted by molar-refractivity contribution is 9.08. The van der Waals surface area contributed by atoms with Crippen LogP contribution in [0, 0.1) is 13.8 Å². The van der Waals surface area contributed by atoms with Crippen molar-refractivity contribution >= 4 is 112 Å². The van der Waals surface area contributed by atoms with Crippen LogP contribution < -0.4 is 42.6 Å². The first-order chi connectivity index (χ1) is 56.2. The Bertz CT molecular complexity index is 4330. The molecule has 0 aliphatic carbocycles. The highest BCUT2D eigenvalue weighted by atomic mass is 79.9. The number of aromatic nitrogens is 8. The summed E-state index contributed by atoms with van der Waals surface area (Å²) in [6, 6.07) is 0. The van der Waals surface area contributed by atoms with Crippen molar-refractivity contribution in [3.8, 4) is 0 Å². The van der Waals surface area contributed by atoms with Gasteiger partial charge in [0, 0.05) is 25.7 Å². The molecule has 0 fully saturated rings. The average Bonchev–Trinajstić information content (AvgIpc) is 1.57. The molecular formula is C78H125BrN14O24P2. The third-order valence-corrected chi connectivity index (χ3v) is 23.1. The van der Waals surface area contributed by atoms with Gasteiger partial charge in [-0.2, -0.15) is 0 Å². The van der Waals surface area contributed by atoms with E-state index in [4.69, 9.17) is 47.1 Å². The molecule has 6 rings (SSSR count). The molecule has 0 saturated carbocycles. The molecule has 6 heterocycles. The van der Waals surface area contributed by atoms with E-state index in [1.165, 1.54) is 32.2 Å². The molecule has 0 spiro atoms. The molecule has 6 aromatic heterocycles. The molecule has 0 aliphatic heterocycles. The van der Waals surface area contributed by atoms with Crippen LogP contribution in [0.15, 0.2) is 52.6 Å². The van der Waals surface area contributed by atoms with Crippen LogP contribution >= 0.6 is 30.8 Å². The number of hydrogen-bond donors (Lipinski definition) is 7. The highest BCUT2D eigenvalue weighted by Crippen LogP contribution is 2.44. The van der Waals surface area contributed by atoms with E-state index in [9.17, 15) is 57.1 Å². The summed E-state index contributed by atoms with van der Waals surface area (Å²) in [6.07, 6.45) is 18.6. The van der Waals surface area contributed by atoms with E-state index >= 15 is 0 Å². The van der Waals surface area contributed by atoms with E-state index in [-0.39, 0.29) is 108 Å². The average molecular weight is 1780 g/mol. The molecule has 668 valence electrons. The molecule has 119 heavy (non-hydrogen) atoms. The number of anilines is 2. The lowest BCUT2D eigenvalue weighted by molar-refractivity contribution is -0.150. The zero-order valence-electron chi connectivity index (χ0n) is 71.8. The zero-order chi connectivity index (χ0) is 88.6. The number of rotatable bonds is 55. The minimum Gasteiger partial charge on any atom is -0.481 e. The molecule has 38 nitrogen and oxygen atoms in total. The van der Waals surface area contributed by atoms with Gasteiger partial charge in [-0.3, -0.25) is 47.5 Å². The van der Waals surface area contributed by atoms with Crippen LogP contribution in [0.5, 0.6) is 0 Å². The van der Waals surface area contributed by atoms with Gasteiger partial charge in [-0.05, 0) is 122 Å². The fourth-order valence-corrected chi connectivity index (χ4v) is 17.2. The third kappa shape index (κ3) is 37.2. The van der Waals surface area contributed by atoms with Crippen molar-refractivity contribution in [3.05, 3.63) is 69.6 Å². The first kappa shape index (κ1) is 103. The molecule has 7 N–H and O–H groups in total. The Morgan fingerprint density at radius 2 is 0.798 bits per heavy atom. The van der Waals surface area contributed by atoms with E-state index in [1.807, 2.05) is 0 Å². The number of aryl methyl sites for hydroxylation is 2. The first-order valence-corrected chi connectivity index (χ1v) is 45.4. The monoisotopic (exact) mass is 1780 g/mol. The van der Waals surface area contributed by atoms with Crippen molar-refractivity contribution in [3.63, 3.8) is 0 Å². The molecule has 2 amide bonds. The van der Waals surface area contributed by atoms with Gasteiger partial charge in [-0.25, -0.2) is 59.8 Å². The number of carboxylic acid groups (broad SMARTS) is 1. The number of amides is 2. The SMILES string of the molecule is CCCCCCOC(=O)C(C)(C)NP(=O)(CO[C@H](C)Cn1cnc2c(NC(=O)CCCC(=O)O)ncnc21)NC(C)(C)C(=O)OCCCCCC.CCCCCCOC(=O)C(C)(C)NP(=O)(CO[C@H](C)Cn1cnc2c(NC(=O)CCCC(=O)OCc3oc(=O)oc3C)ncnc21)NC(C)(C)C(=O)OCCCCCC.Cc1oc(=O)oc1CBr. The largest absolute Gasteiger partial charge is 0.519 e. The minimum atomic E-state index is -3.89. The number of halogens is 1. The Balaban J connectivity index is 0.000000455. The van der Waals surface area contributed by atoms with Crippen LogP contribution in [-0.4, -0.2) is 165 Å². The first-order valence-electron chi connectivity index (χ1n) is 40.5. The molecule has 0 bridgehead atoms. The fraction of sp³-hybridized carbons (Fsp3) is 0.692. The number of aliphatic carboxylic acids is 1. The van der Waals surface area contributed by atoms with Crippen LogP contribution in [0.2, 0.25) is 0 Å². The lowest BCUT2D eigenvalue weighted by Crippen LogP contribution is -2.54. The second-order valence-corrected chi connectivity index (χ2v) is 35.8. The predicted octanol–water partition coefficient (Wildman–Crippen LogP) is 13.1. The Labute approximate surface area is 702 Å². The van der Waals surface area contributed by atoms with Crippen LogP contribution in [0.4, 0.5) is 11.6 Å². The molecule has 0 unspecified atom stereocenters. The number of fused-ring (bicyclic) bond motifs is 2. The quantitative estimate of drug-likeness (QED) is 0.00613. The summed E-state index contributed by atoms with van der Waals surface area (Å²) >= 11 is 3.13. The van der Waals surface area contributed by atoms with Gasteiger partial charge in [0.25, 0.3) is 0 Å². The number of carboxylic acids is 1. The number of carbonyl (C=O) groups is 8. The Morgan fingerprint density at radius 1 is 0.462 bits per heavy atom. The van der Waals surface area contributed by atoms with Crippen molar-refractivity contribution in [1.29, 1.82) is 0 Å². The second-order valence-electron chi connectivity index (χ2n) is 30.9. The van der Waals surface area contributed by atoms with Crippen molar-refractivity contribution in [1.82, 2.24) is 59.4 Å². The van der Waals surface area contributed by atoms with Gasteiger partial charge in [0.05, 0.1) is 69.7 Å². The van der Waals surface area contributed by atoms with E-state index < -0.39 is 121 Å². The van der Waals surface area contributed by atoms with Gasteiger partial charge in [-0.15, -0.1) is 0 Å². The maximum Gasteiger partial charge on any atom is 0.519 e. The van der Waals surface area contributed by atoms with Gasteiger partial charge < -0.3 is 75.7 Å². The number of alkyl halides is 1. The normalized spacial score (nSPS) is 12.5. The number of esters is 5. The zero-order valence-corrected chi connectivity index (χ0v) is 75.2. The maximum absolute atomic E-state index is 14.7. The van der Waals surface area contributed by atoms with E-state index in [2.05, 4.69) is 113 Å². The fourth-order valence-electron chi connectivity index (χ4n) is 11.4. The van der Waals surface area contributed by atoms with E-state index in [0.29, 0.717) is 52.0 Å². The number of imidazole rings is 2. The molecule has 2 atom stereocenters. The molecule has 0 aromatic carbocycles. The summed E-state index contributed by atoms with van der Waals surface area (Å²) in [5.41, 5.74) is -4.19. The lowest BCUT2D eigenvalue weighted by atomic mass is 10.1. The summed E-state index contributed by atoms with van der Waals surface area (Å²) in [5.74, 6) is -4.48. The lowest BCUT2D eigenvalue weighted by Gasteiger charge is -2.35.